The normalized spacial score (nSPS) is 38.3. The van der Waals surface area contributed by atoms with Gasteiger partial charge in [0.15, 0.2) is 12.6 Å². The van der Waals surface area contributed by atoms with E-state index in [0.717, 1.165) is 83.2 Å². The molecule has 180 valence electrons. The van der Waals surface area contributed by atoms with Crippen LogP contribution < -0.4 is 4.74 Å². The minimum atomic E-state index is -0.277. The van der Waals surface area contributed by atoms with E-state index in [1.54, 1.807) is 0 Å². The first-order chi connectivity index (χ1) is 16.2. The lowest BCUT2D eigenvalue weighted by atomic mass is 9.55. The van der Waals surface area contributed by atoms with Crippen molar-refractivity contribution in [2.45, 2.75) is 95.5 Å². The van der Waals surface area contributed by atoms with E-state index in [9.17, 15) is 4.79 Å². The molecule has 1 aromatic rings. The van der Waals surface area contributed by atoms with Gasteiger partial charge in [-0.2, -0.15) is 0 Å². The molecule has 33 heavy (non-hydrogen) atoms. The summed E-state index contributed by atoms with van der Waals surface area (Å²) in [6.07, 6.45) is 12.4. The molecule has 3 aliphatic carbocycles. The van der Waals surface area contributed by atoms with Crippen LogP contribution in [0.2, 0.25) is 0 Å². The Morgan fingerprint density at radius 2 is 1.73 bits per heavy atom. The zero-order valence-electron chi connectivity index (χ0n) is 19.8. The van der Waals surface area contributed by atoms with Gasteiger partial charge in [0.2, 0.25) is 0 Å². The highest BCUT2D eigenvalue weighted by Gasteiger charge is 2.57. The Labute approximate surface area is 197 Å². The second-order valence-corrected chi connectivity index (χ2v) is 11.0. The van der Waals surface area contributed by atoms with Crippen LogP contribution in [0.15, 0.2) is 18.2 Å². The van der Waals surface area contributed by atoms with Crippen molar-refractivity contribution < 1.29 is 23.7 Å². The molecule has 2 saturated heterocycles. The molecule has 5 aliphatic rings. The fourth-order valence-electron chi connectivity index (χ4n) is 7.52. The van der Waals surface area contributed by atoms with E-state index >= 15 is 0 Å². The lowest BCUT2D eigenvalue weighted by Gasteiger charge is -2.49. The third kappa shape index (κ3) is 4.15. The second kappa shape index (κ2) is 9.31. The van der Waals surface area contributed by atoms with Gasteiger partial charge in [-0.25, -0.2) is 0 Å². The van der Waals surface area contributed by atoms with Crippen molar-refractivity contribution in [3.63, 3.8) is 0 Å². The van der Waals surface area contributed by atoms with Crippen molar-refractivity contribution >= 4 is 5.78 Å². The van der Waals surface area contributed by atoms with Crippen LogP contribution in [0.3, 0.4) is 0 Å². The highest BCUT2D eigenvalue weighted by Crippen LogP contribution is 2.60. The molecule has 1 aromatic carbocycles. The summed E-state index contributed by atoms with van der Waals surface area (Å²) in [6.45, 7) is 2.15. The maximum atomic E-state index is 13.2. The van der Waals surface area contributed by atoms with E-state index in [4.69, 9.17) is 18.9 Å². The molecule has 0 spiro atoms. The van der Waals surface area contributed by atoms with E-state index in [1.807, 2.05) is 0 Å². The van der Waals surface area contributed by atoms with Gasteiger partial charge in [0.25, 0.3) is 0 Å². The van der Waals surface area contributed by atoms with Crippen LogP contribution in [0, 0.1) is 17.3 Å². The molecule has 2 heterocycles. The molecule has 0 radical (unpaired) electrons. The fraction of sp³-hybridized carbons (Fsp3) is 0.750. The maximum absolute atomic E-state index is 13.2. The van der Waals surface area contributed by atoms with Crippen molar-refractivity contribution in [3.8, 4) is 5.75 Å². The molecule has 2 aliphatic heterocycles. The molecule has 0 bridgehead atoms. The van der Waals surface area contributed by atoms with E-state index in [1.165, 1.54) is 24.0 Å². The first-order valence-corrected chi connectivity index (χ1v) is 13.4. The predicted molar refractivity (Wildman–Crippen MR) is 124 cm³/mol. The number of rotatable bonds is 5. The Balaban J connectivity index is 1.17. The lowest BCUT2D eigenvalue weighted by molar-refractivity contribution is -0.189. The zero-order chi connectivity index (χ0) is 22.3. The van der Waals surface area contributed by atoms with Gasteiger partial charge in [-0.1, -0.05) is 6.07 Å². The van der Waals surface area contributed by atoms with E-state index < -0.39 is 0 Å². The van der Waals surface area contributed by atoms with Crippen molar-refractivity contribution in [3.05, 3.63) is 29.3 Å². The van der Waals surface area contributed by atoms with Crippen LogP contribution in [0.5, 0.6) is 5.75 Å². The minimum Gasteiger partial charge on any atom is -0.465 e. The van der Waals surface area contributed by atoms with Crippen molar-refractivity contribution in [2.24, 2.45) is 17.3 Å². The lowest BCUT2D eigenvalue weighted by Crippen LogP contribution is -2.48. The highest BCUT2D eigenvalue weighted by molar-refractivity contribution is 5.87. The van der Waals surface area contributed by atoms with Crippen molar-refractivity contribution in [2.75, 3.05) is 19.8 Å². The molecule has 6 atom stereocenters. The quantitative estimate of drug-likeness (QED) is 0.585. The van der Waals surface area contributed by atoms with Crippen LogP contribution in [-0.4, -0.2) is 38.2 Å². The number of hydrogen-bond acceptors (Lipinski definition) is 5. The van der Waals surface area contributed by atoms with Gasteiger partial charge in [-0.3, -0.25) is 4.79 Å². The highest BCUT2D eigenvalue weighted by atomic mass is 16.7. The van der Waals surface area contributed by atoms with Gasteiger partial charge in [-0.05, 0) is 105 Å². The smallest absolute Gasteiger partial charge is 0.199 e. The van der Waals surface area contributed by atoms with E-state index in [2.05, 4.69) is 18.2 Å². The summed E-state index contributed by atoms with van der Waals surface area (Å²) in [7, 11) is 0. The standard InChI is InChI=1S/C28H38O5/c29-25-12-11-24-23-9-7-19-17-20(33-27-6-2-4-16-31-27)8-10-21(19)22(23)13-14-28(24,25)18-32-26-5-1-3-15-30-26/h8,10,17,22-24,26-27H,1-7,9,11-16,18H2/t22-,23-,24+,26?,27?,28-/m1/s1. The molecule has 0 N–H and O–H groups in total. The fourth-order valence-corrected chi connectivity index (χ4v) is 7.52. The van der Waals surface area contributed by atoms with Crippen molar-refractivity contribution in [1.82, 2.24) is 0 Å². The molecule has 2 saturated carbocycles. The number of carbonyl (C=O) groups is 1. The molecule has 4 fully saturated rings. The summed E-state index contributed by atoms with van der Waals surface area (Å²) in [6, 6.07) is 6.71. The predicted octanol–water partition coefficient (Wildman–Crippen LogP) is 5.54. The summed E-state index contributed by atoms with van der Waals surface area (Å²) < 4.78 is 24.0. The minimum absolute atomic E-state index is 0.0962. The summed E-state index contributed by atoms with van der Waals surface area (Å²) in [4.78, 5) is 13.2. The number of benzene rings is 1. The first kappa shape index (κ1) is 22.1. The summed E-state index contributed by atoms with van der Waals surface area (Å²) in [5, 5.41) is 0. The molecule has 0 amide bonds. The molecule has 0 aromatic heterocycles. The Hall–Kier alpha value is -1.43. The number of hydrogen-bond donors (Lipinski definition) is 0. The number of Topliss-reactive ketones (excluding diaryl/α,β-unsaturated/α-hetero) is 1. The molecule has 6 rings (SSSR count). The third-order valence-corrected chi connectivity index (χ3v) is 9.21. The van der Waals surface area contributed by atoms with E-state index in [-0.39, 0.29) is 18.0 Å². The topological polar surface area (TPSA) is 54.0 Å². The summed E-state index contributed by atoms with van der Waals surface area (Å²) >= 11 is 0. The molecule has 5 heteroatoms. The average Bonchev–Trinajstić information content (AvgIpc) is 3.20. The Morgan fingerprint density at radius 3 is 2.52 bits per heavy atom. The number of fused-ring (bicyclic) bond motifs is 5. The molecular weight excluding hydrogens is 416 g/mol. The van der Waals surface area contributed by atoms with Gasteiger partial charge < -0.3 is 18.9 Å². The van der Waals surface area contributed by atoms with Gasteiger partial charge in [-0.15, -0.1) is 0 Å². The molecular formula is C28H38O5. The monoisotopic (exact) mass is 454 g/mol. The Bertz CT molecular complexity index is 856. The van der Waals surface area contributed by atoms with Crippen molar-refractivity contribution in [1.29, 1.82) is 0 Å². The van der Waals surface area contributed by atoms with Crippen LogP contribution >= 0.6 is 0 Å². The number of ether oxygens (including phenoxy) is 4. The third-order valence-electron chi connectivity index (χ3n) is 9.21. The largest absolute Gasteiger partial charge is 0.465 e. The van der Waals surface area contributed by atoms with Crippen LogP contribution in [-0.2, 0) is 25.4 Å². The SMILES string of the molecule is O=C1CC[C@H]2[C@@H]3CCc4cc(OC5CCCCO5)ccc4[C@H]3CC[C@]12COC1CCCCO1. The van der Waals surface area contributed by atoms with Gasteiger partial charge in [0.05, 0.1) is 18.6 Å². The van der Waals surface area contributed by atoms with Crippen LogP contribution in [0.1, 0.15) is 87.7 Å². The maximum Gasteiger partial charge on any atom is 0.199 e. The van der Waals surface area contributed by atoms with Crippen LogP contribution in [0.4, 0.5) is 0 Å². The summed E-state index contributed by atoms with van der Waals surface area (Å²) in [5.41, 5.74) is 2.65. The average molecular weight is 455 g/mol. The Kier molecular flexibility index (Phi) is 6.23. The Morgan fingerprint density at radius 1 is 0.909 bits per heavy atom. The van der Waals surface area contributed by atoms with Crippen LogP contribution in [0.25, 0.3) is 0 Å². The van der Waals surface area contributed by atoms with Gasteiger partial charge in [0, 0.05) is 19.4 Å². The number of ketones is 1. The van der Waals surface area contributed by atoms with Gasteiger partial charge >= 0.3 is 0 Å². The summed E-state index contributed by atoms with van der Waals surface area (Å²) in [5.74, 6) is 2.99. The molecule has 5 nitrogen and oxygen atoms in total. The van der Waals surface area contributed by atoms with E-state index in [0.29, 0.717) is 30.1 Å². The zero-order valence-corrected chi connectivity index (χ0v) is 19.8. The molecule has 2 unspecified atom stereocenters. The number of carbonyl (C=O) groups excluding carboxylic acids is 1. The van der Waals surface area contributed by atoms with Gasteiger partial charge in [0.1, 0.15) is 11.5 Å². The second-order valence-electron chi connectivity index (χ2n) is 11.0. The first-order valence-electron chi connectivity index (χ1n) is 13.4. The number of aryl methyl sites for hydroxylation is 1.